The molecular weight excluding hydrogens is 226 g/mol. The van der Waals surface area contributed by atoms with E-state index in [1.165, 1.54) is 0 Å². The first-order chi connectivity index (χ1) is 8.77. The van der Waals surface area contributed by atoms with Gasteiger partial charge in [-0.05, 0) is 29.9 Å². The van der Waals surface area contributed by atoms with E-state index in [0.717, 1.165) is 29.5 Å². The van der Waals surface area contributed by atoms with Gasteiger partial charge in [0.25, 0.3) is 5.69 Å². The van der Waals surface area contributed by atoms with Crippen molar-refractivity contribution in [2.24, 2.45) is 0 Å². The van der Waals surface area contributed by atoms with E-state index >= 15 is 0 Å². The van der Waals surface area contributed by atoms with Crippen LogP contribution in [0.1, 0.15) is 24.3 Å². The van der Waals surface area contributed by atoms with E-state index in [2.05, 4.69) is 0 Å². The maximum Gasteiger partial charge on any atom is 0.273 e. The summed E-state index contributed by atoms with van der Waals surface area (Å²) in [4.78, 5) is 10.9. The van der Waals surface area contributed by atoms with Gasteiger partial charge in [0.15, 0.2) is 0 Å². The van der Waals surface area contributed by atoms with Gasteiger partial charge in [0, 0.05) is 11.6 Å². The molecular formula is C15H13NO2. The second-order valence-electron chi connectivity index (χ2n) is 4.64. The van der Waals surface area contributed by atoms with Crippen LogP contribution in [0.4, 0.5) is 5.69 Å². The van der Waals surface area contributed by atoms with Crippen molar-refractivity contribution >= 4 is 5.69 Å². The lowest BCUT2D eigenvalue weighted by Gasteiger charge is -2.09. The molecule has 90 valence electrons. The highest BCUT2D eigenvalue weighted by Gasteiger charge is 2.33. The number of nitrogens with zero attached hydrogens (tertiary/aromatic N) is 1. The van der Waals surface area contributed by atoms with Gasteiger partial charge < -0.3 is 0 Å². The molecule has 0 aliphatic heterocycles. The van der Waals surface area contributed by atoms with E-state index in [-0.39, 0.29) is 10.6 Å². The van der Waals surface area contributed by atoms with Gasteiger partial charge in [0.05, 0.1) is 4.92 Å². The molecule has 0 saturated heterocycles. The number of hydrogen-bond donors (Lipinski definition) is 0. The molecule has 3 rings (SSSR count). The summed E-state index contributed by atoms with van der Waals surface area (Å²) in [5.74, 6) is 0.363. The first kappa shape index (κ1) is 11.0. The molecule has 0 radical (unpaired) electrons. The highest BCUT2D eigenvalue weighted by Crippen LogP contribution is 2.48. The van der Waals surface area contributed by atoms with E-state index < -0.39 is 0 Å². The Labute approximate surface area is 105 Å². The number of nitro groups is 1. The Morgan fingerprint density at radius 2 is 1.72 bits per heavy atom. The summed E-state index contributed by atoms with van der Waals surface area (Å²) in [7, 11) is 0. The van der Waals surface area contributed by atoms with Crippen LogP contribution < -0.4 is 0 Å². The minimum absolute atomic E-state index is 0.263. The normalized spacial score (nSPS) is 14.4. The van der Waals surface area contributed by atoms with Crippen LogP contribution in [0.5, 0.6) is 0 Å². The van der Waals surface area contributed by atoms with Crippen molar-refractivity contribution in [3.8, 4) is 11.1 Å². The molecule has 1 fully saturated rings. The zero-order chi connectivity index (χ0) is 12.5. The van der Waals surface area contributed by atoms with Crippen LogP contribution in [0.15, 0.2) is 48.5 Å². The van der Waals surface area contributed by atoms with Crippen LogP contribution in [0.25, 0.3) is 11.1 Å². The lowest BCUT2D eigenvalue weighted by molar-refractivity contribution is -0.385. The van der Waals surface area contributed by atoms with Crippen LogP contribution in [-0.4, -0.2) is 4.92 Å². The Hall–Kier alpha value is -2.16. The van der Waals surface area contributed by atoms with Crippen molar-refractivity contribution in [2.75, 3.05) is 0 Å². The van der Waals surface area contributed by atoms with Gasteiger partial charge >= 0.3 is 0 Å². The van der Waals surface area contributed by atoms with Crippen LogP contribution in [0.2, 0.25) is 0 Å². The second-order valence-corrected chi connectivity index (χ2v) is 4.64. The van der Waals surface area contributed by atoms with Gasteiger partial charge in [0.2, 0.25) is 0 Å². The Morgan fingerprint density at radius 1 is 1.00 bits per heavy atom. The van der Waals surface area contributed by atoms with Crippen LogP contribution in [0, 0.1) is 10.1 Å². The van der Waals surface area contributed by atoms with Gasteiger partial charge in [0.1, 0.15) is 0 Å². The maximum absolute atomic E-state index is 11.1. The number of nitro benzene ring substituents is 1. The van der Waals surface area contributed by atoms with E-state index in [9.17, 15) is 10.1 Å². The van der Waals surface area contributed by atoms with Crippen molar-refractivity contribution < 1.29 is 4.92 Å². The second kappa shape index (κ2) is 4.26. The third-order valence-corrected chi connectivity index (χ3v) is 3.35. The minimum Gasteiger partial charge on any atom is -0.258 e. The molecule has 0 amide bonds. The SMILES string of the molecule is O=[N+]([O-])c1cccc(-c2ccccc2)c1C1CC1. The number of hydrogen-bond acceptors (Lipinski definition) is 2. The predicted octanol–water partition coefficient (Wildman–Crippen LogP) is 4.14. The Bertz CT molecular complexity index is 589. The quantitative estimate of drug-likeness (QED) is 0.596. The average molecular weight is 239 g/mol. The van der Waals surface area contributed by atoms with Crippen LogP contribution in [-0.2, 0) is 0 Å². The standard InChI is InChI=1S/C15H13NO2/c17-16(18)14-8-4-7-13(15(14)12-9-10-12)11-5-2-1-3-6-11/h1-8,12H,9-10H2. The first-order valence-corrected chi connectivity index (χ1v) is 6.10. The van der Waals surface area contributed by atoms with Gasteiger partial charge in [-0.1, -0.05) is 42.5 Å². The van der Waals surface area contributed by atoms with Gasteiger partial charge in [-0.15, -0.1) is 0 Å². The van der Waals surface area contributed by atoms with Crippen molar-refractivity contribution in [1.82, 2.24) is 0 Å². The molecule has 1 aliphatic carbocycles. The summed E-state index contributed by atoms with van der Waals surface area (Å²) in [6.45, 7) is 0. The molecule has 0 N–H and O–H groups in total. The van der Waals surface area contributed by atoms with E-state index in [0.29, 0.717) is 5.92 Å². The molecule has 2 aromatic carbocycles. The fourth-order valence-corrected chi connectivity index (χ4v) is 2.38. The summed E-state index contributed by atoms with van der Waals surface area (Å²) < 4.78 is 0. The fraction of sp³-hybridized carbons (Fsp3) is 0.200. The molecule has 0 spiro atoms. The third kappa shape index (κ3) is 1.88. The number of rotatable bonds is 3. The van der Waals surface area contributed by atoms with Gasteiger partial charge in [-0.25, -0.2) is 0 Å². The lowest BCUT2D eigenvalue weighted by atomic mass is 9.95. The summed E-state index contributed by atoms with van der Waals surface area (Å²) in [6, 6.07) is 15.3. The first-order valence-electron chi connectivity index (χ1n) is 6.10. The summed E-state index contributed by atoms with van der Waals surface area (Å²) in [5.41, 5.74) is 3.24. The fourth-order valence-electron chi connectivity index (χ4n) is 2.38. The zero-order valence-corrected chi connectivity index (χ0v) is 9.87. The molecule has 3 nitrogen and oxygen atoms in total. The average Bonchev–Trinajstić information content (AvgIpc) is 3.23. The van der Waals surface area contributed by atoms with Crippen molar-refractivity contribution in [3.63, 3.8) is 0 Å². The van der Waals surface area contributed by atoms with Crippen LogP contribution in [0.3, 0.4) is 0 Å². The van der Waals surface area contributed by atoms with Crippen molar-refractivity contribution in [1.29, 1.82) is 0 Å². The molecule has 0 aromatic heterocycles. The summed E-state index contributed by atoms with van der Waals surface area (Å²) in [5, 5.41) is 11.1. The summed E-state index contributed by atoms with van der Waals surface area (Å²) >= 11 is 0. The van der Waals surface area contributed by atoms with E-state index in [4.69, 9.17) is 0 Å². The lowest BCUT2D eigenvalue weighted by Crippen LogP contribution is -1.96. The monoisotopic (exact) mass is 239 g/mol. The Kier molecular flexibility index (Phi) is 2.59. The van der Waals surface area contributed by atoms with Crippen molar-refractivity contribution in [2.45, 2.75) is 18.8 Å². The molecule has 18 heavy (non-hydrogen) atoms. The topological polar surface area (TPSA) is 43.1 Å². The molecule has 1 aliphatic rings. The number of benzene rings is 2. The minimum atomic E-state index is -0.264. The molecule has 3 heteroatoms. The summed E-state index contributed by atoms with van der Waals surface area (Å²) in [6.07, 6.45) is 2.12. The Balaban J connectivity index is 2.20. The molecule has 0 bridgehead atoms. The molecule has 1 saturated carbocycles. The third-order valence-electron chi connectivity index (χ3n) is 3.35. The Morgan fingerprint density at radius 3 is 2.33 bits per heavy atom. The largest absolute Gasteiger partial charge is 0.273 e. The highest BCUT2D eigenvalue weighted by atomic mass is 16.6. The molecule has 2 aromatic rings. The predicted molar refractivity (Wildman–Crippen MR) is 70.5 cm³/mol. The highest BCUT2D eigenvalue weighted by molar-refractivity contribution is 5.73. The molecule has 0 unspecified atom stereocenters. The zero-order valence-electron chi connectivity index (χ0n) is 9.87. The van der Waals surface area contributed by atoms with Crippen molar-refractivity contribution in [3.05, 3.63) is 64.2 Å². The molecule has 0 heterocycles. The van der Waals surface area contributed by atoms with Gasteiger partial charge in [-0.2, -0.15) is 0 Å². The molecule has 0 atom stereocenters. The van der Waals surface area contributed by atoms with E-state index in [1.54, 1.807) is 12.1 Å². The van der Waals surface area contributed by atoms with E-state index in [1.807, 2.05) is 36.4 Å². The maximum atomic E-state index is 11.1. The smallest absolute Gasteiger partial charge is 0.258 e. The van der Waals surface area contributed by atoms with Crippen LogP contribution >= 0.6 is 0 Å². The van der Waals surface area contributed by atoms with Gasteiger partial charge in [-0.3, -0.25) is 10.1 Å².